The van der Waals surface area contributed by atoms with Crippen LogP contribution in [0.4, 0.5) is 5.69 Å². The van der Waals surface area contributed by atoms with E-state index in [1.54, 1.807) is 6.07 Å². The molecular weight excluding hydrogens is 319 g/mol. The Morgan fingerprint density at radius 2 is 1.91 bits per heavy atom. The van der Waals surface area contributed by atoms with Gasteiger partial charge in [-0.1, -0.05) is 35.3 Å². The molecule has 2 aromatic rings. The number of nitrogens with one attached hydrogen (secondary N) is 1. The molecule has 0 bridgehead atoms. The molecule has 1 atom stereocenters. The van der Waals surface area contributed by atoms with Crippen molar-refractivity contribution in [3.63, 3.8) is 0 Å². The first-order valence-corrected chi connectivity index (χ1v) is 7.86. The summed E-state index contributed by atoms with van der Waals surface area (Å²) in [6.07, 6.45) is 0. The molecule has 1 amide bonds. The molecule has 5 heteroatoms. The van der Waals surface area contributed by atoms with Gasteiger partial charge in [0.15, 0.2) is 6.54 Å². The lowest BCUT2D eigenvalue weighted by atomic mass is 10.1. The topological polar surface area (TPSA) is 45.7 Å². The van der Waals surface area contributed by atoms with Crippen molar-refractivity contribution in [3.8, 4) is 0 Å². The number of hydrogen-bond donors (Lipinski definition) is 2. The van der Waals surface area contributed by atoms with Gasteiger partial charge in [0, 0.05) is 21.3 Å². The number of aryl methyl sites for hydroxylation is 1. The van der Waals surface area contributed by atoms with Gasteiger partial charge in [-0.2, -0.15) is 0 Å². The molecule has 0 fully saturated rings. The number of amides is 1. The first-order valence-electron chi connectivity index (χ1n) is 7.10. The number of benzene rings is 2. The minimum absolute atomic E-state index is 0.0423. The van der Waals surface area contributed by atoms with E-state index in [1.807, 2.05) is 55.6 Å². The van der Waals surface area contributed by atoms with Crippen molar-refractivity contribution in [1.29, 1.82) is 0 Å². The molecule has 116 valence electrons. The Labute approximate surface area is 140 Å². The molecule has 0 aliphatic carbocycles. The van der Waals surface area contributed by atoms with Crippen LogP contribution in [0.25, 0.3) is 0 Å². The Kier molecular flexibility index (Phi) is 5.83. The van der Waals surface area contributed by atoms with E-state index in [-0.39, 0.29) is 11.9 Å². The van der Waals surface area contributed by atoms with Crippen molar-refractivity contribution in [2.24, 2.45) is 0 Å². The van der Waals surface area contributed by atoms with Crippen LogP contribution in [0.1, 0.15) is 24.1 Å². The predicted octanol–water partition coefficient (Wildman–Crippen LogP) is 3.56. The van der Waals surface area contributed by atoms with Crippen LogP contribution in [0, 0.1) is 6.92 Å². The first-order chi connectivity index (χ1) is 10.5. The molecule has 0 aliphatic heterocycles. The highest BCUT2D eigenvalue weighted by molar-refractivity contribution is 6.31. The van der Waals surface area contributed by atoms with Crippen molar-refractivity contribution in [2.45, 2.75) is 19.9 Å². The minimum Gasteiger partial charge on any atom is -0.333 e. The average Bonchev–Trinajstić information content (AvgIpc) is 2.47. The fourth-order valence-electron chi connectivity index (χ4n) is 2.18. The highest BCUT2D eigenvalue weighted by Gasteiger charge is 2.12. The summed E-state index contributed by atoms with van der Waals surface area (Å²) in [5.74, 6) is -0.0423. The van der Waals surface area contributed by atoms with Crippen LogP contribution in [0.3, 0.4) is 0 Å². The van der Waals surface area contributed by atoms with Gasteiger partial charge in [0.05, 0.1) is 0 Å². The Morgan fingerprint density at radius 3 is 2.59 bits per heavy atom. The van der Waals surface area contributed by atoms with Crippen molar-refractivity contribution >= 4 is 34.8 Å². The minimum atomic E-state index is -0.0423. The molecule has 3 N–H and O–H groups in total. The number of carbonyl (C=O) groups excluding carboxylic acids is 1. The molecule has 0 heterocycles. The normalized spacial score (nSPS) is 12.0. The standard InChI is InChI=1S/C17H18Cl2N2O/c1-11-8-15(19)6-7-16(11)21-17(22)10-20-12(2)13-4-3-5-14(18)9-13/h3-9,12,20H,10H2,1-2H3,(H,21,22)/p+1/t12-/m1/s1. The first kappa shape index (κ1) is 16.8. The second kappa shape index (κ2) is 7.63. The number of rotatable bonds is 5. The summed E-state index contributed by atoms with van der Waals surface area (Å²) in [6.45, 7) is 4.31. The van der Waals surface area contributed by atoms with Crippen LogP contribution >= 0.6 is 23.2 Å². The zero-order valence-corrected chi connectivity index (χ0v) is 14.1. The Hall–Kier alpha value is -1.55. The van der Waals surface area contributed by atoms with Gasteiger partial charge in [0.2, 0.25) is 0 Å². The molecule has 3 nitrogen and oxygen atoms in total. The van der Waals surface area contributed by atoms with E-state index >= 15 is 0 Å². The van der Waals surface area contributed by atoms with Crippen molar-refractivity contribution in [3.05, 3.63) is 63.6 Å². The highest BCUT2D eigenvalue weighted by Crippen LogP contribution is 2.19. The predicted molar refractivity (Wildman–Crippen MR) is 91.5 cm³/mol. The summed E-state index contributed by atoms with van der Waals surface area (Å²) in [4.78, 5) is 12.1. The summed E-state index contributed by atoms with van der Waals surface area (Å²) in [5, 5.41) is 6.25. The molecule has 0 spiro atoms. The number of halogens is 2. The fraction of sp³-hybridized carbons (Fsp3) is 0.235. The lowest BCUT2D eigenvalue weighted by Gasteiger charge is -2.12. The summed E-state index contributed by atoms with van der Waals surface area (Å²) in [5.41, 5.74) is 2.84. The van der Waals surface area contributed by atoms with Crippen LogP contribution < -0.4 is 10.6 Å². The van der Waals surface area contributed by atoms with E-state index in [9.17, 15) is 4.79 Å². The molecule has 0 radical (unpaired) electrons. The van der Waals surface area contributed by atoms with E-state index < -0.39 is 0 Å². The van der Waals surface area contributed by atoms with Gasteiger partial charge in [-0.05, 0) is 49.7 Å². The maximum absolute atomic E-state index is 12.1. The largest absolute Gasteiger partial charge is 0.333 e. The van der Waals surface area contributed by atoms with Gasteiger partial charge >= 0.3 is 0 Å². The lowest BCUT2D eigenvalue weighted by molar-refractivity contribution is -0.682. The second-order valence-corrected chi connectivity index (χ2v) is 6.16. The van der Waals surface area contributed by atoms with Crippen LogP contribution in [0.15, 0.2) is 42.5 Å². The van der Waals surface area contributed by atoms with Gasteiger partial charge in [0.25, 0.3) is 5.91 Å². The molecular formula is C17H19Cl2N2O+. The zero-order valence-electron chi connectivity index (χ0n) is 12.6. The average molecular weight is 338 g/mol. The van der Waals surface area contributed by atoms with Crippen molar-refractivity contribution in [2.75, 3.05) is 11.9 Å². The van der Waals surface area contributed by atoms with Crippen LogP contribution in [0.5, 0.6) is 0 Å². The molecule has 0 saturated carbocycles. The third kappa shape index (κ3) is 4.73. The monoisotopic (exact) mass is 337 g/mol. The third-order valence-electron chi connectivity index (χ3n) is 3.49. The number of hydrogen-bond acceptors (Lipinski definition) is 1. The van der Waals surface area contributed by atoms with Crippen LogP contribution in [-0.2, 0) is 4.79 Å². The molecule has 2 rings (SSSR count). The van der Waals surface area contributed by atoms with Gasteiger partial charge < -0.3 is 10.6 Å². The quantitative estimate of drug-likeness (QED) is 0.860. The van der Waals surface area contributed by atoms with Gasteiger partial charge in [-0.3, -0.25) is 4.79 Å². The maximum Gasteiger partial charge on any atom is 0.279 e. The van der Waals surface area contributed by atoms with E-state index in [0.717, 1.165) is 16.8 Å². The molecule has 0 unspecified atom stereocenters. The van der Waals surface area contributed by atoms with E-state index in [4.69, 9.17) is 23.2 Å². The summed E-state index contributed by atoms with van der Waals surface area (Å²) in [6, 6.07) is 13.3. The highest BCUT2D eigenvalue weighted by atomic mass is 35.5. The third-order valence-corrected chi connectivity index (χ3v) is 3.96. The molecule has 0 saturated heterocycles. The maximum atomic E-state index is 12.1. The summed E-state index contributed by atoms with van der Waals surface area (Å²) >= 11 is 11.9. The zero-order chi connectivity index (χ0) is 16.1. The van der Waals surface area contributed by atoms with E-state index in [2.05, 4.69) is 5.32 Å². The van der Waals surface area contributed by atoms with Crippen molar-refractivity contribution < 1.29 is 10.1 Å². The fourth-order valence-corrected chi connectivity index (χ4v) is 2.60. The Bertz CT molecular complexity index is 673. The van der Waals surface area contributed by atoms with Crippen LogP contribution in [0.2, 0.25) is 10.0 Å². The number of anilines is 1. The van der Waals surface area contributed by atoms with Gasteiger partial charge in [-0.25, -0.2) is 0 Å². The smallest absolute Gasteiger partial charge is 0.279 e. The molecule has 0 aliphatic rings. The number of carbonyl (C=O) groups is 1. The van der Waals surface area contributed by atoms with E-state index in [0.29, 0.717) is 16.6 Å². The molecule has 0 aromatic heterocycles. The summed E-state index contributed by atoms with van der Waals surface area (Å²) in [7, 11) is 0. The van der Waals surface area contributed by atoms with Crippen molar-refractivity contribution in [1.82, 2.24) is 0 Å². The Morgan fingerprint density at radius 1 is 1.18 bits per heavy atom. The van der Waals surface area contributed by atoms with Gasteiger partial charge in [-0.15, -0.1) is 0 Å². The number of quaternary nitrogens is 1. The summed E-state index contributed by atoms with van der Waals surface area (Å²) < 4.78 is 0. The van der Waals surface area contributed by atoms with Gasteiger partial charge in [0.1, 0.15) is 6.04 Å². The second-order valence-electron chi connectivity index (χ2n) is 5.29. The molecule has 2 aromatic carbocycles. The Balaban J connectivity index is 1.90. The molecule has 22 heavy (non-hydrogen) atoms. The van der Waals surface area contributed by atoms with E-state index in [1.165, 1.54) is 0 Å². The lowest BCUT2D eigenvalue weighted by Crippen LogP contribution is -2.86. The number of nitrogens with two attached hydrogens (primary N) is 1. The SMILES string of the molecule is Cc1cc(Cl)ccc1NC(=O)C[NH2+][C@H](C)c1cccc(Cl)c1. The van der Waals surface area contributed by atoms with Crippen LogP contribution in [-0.4, -0.2) is 12.5 Å².